The fourth-order valence-corrected chi connectivity index (χ4v) is 1.91. The van der Waals surface area contributed by atoms with Crippen molar-refractivity contribution in [3.05, 3.63) is 64.1 Å². The molecule has 0 unspecified atom stereocenters. The standard InChI is InChI=1S/C16H14BrNO2/c17-15-6-4-13(5-7-15)12-19-8-9-20-16-3-1-2-14(10-16)11-18/h1-7,10H,8-9,12H2. The molecule has 2 aromatic carbocycles. The molecule has 20 heavy (non-hydrogen) atoms. The van der Waals surface area contributed by atoms with E-state index in [9.17, 15) is 0 Å². The Hall–Kier alpha value is -1.83. The number of benzene rings is 2. The molecule has 0 aliphatic carbocycles. The van der Waals surface area contributed by atoms with Gasteiger partial charge in [-0.2, -0.15) is 5.26 Å². The summed E-state index contributed by atoms with van der Waals surface area (Å²) in [7, 11) is 0. The maximum atomic E-state index is 8.78. The molecule has 0 N–H and O–H groups in total. The molecule has 0 heterocycles. The van der Waals surface area contributed by atoms with Gasteiger partial charge >= 0.3 is 0 Å². The van der Waals surface area contributed by atoms with E-state index in [2.05, 4.69) is 22.0 Å². The minimum atomic E-state index is 0.464. The summed E-state index contributed by atoms with van der Waals surface area (Å²) in [5.74, 6) is 0.691. The first-order valence-electron chi connectivity index (χ1n) is 6.23. The molecule has 0 radical (unpaired) electrons. The Bertz CT molecular complexity index is 590. The Morgan fingerprint density at radius 3 is 2.60 bits per heavy atom. The van der Waals surface area contributed by atoms with Crippen molar-refractivity contribution < 1.29 is 9.47 Å². The highest BCUT2D eigenvalue weighted by atomic mass is 79.9. The van der Waals surface area contributed by atoms with Crippen LogP contribution in [0.1, 0.15) is 11.1 Å². The van der Waals surface area contributed by atoms with Gasteiger partial charge in [0.05, 0.1) is 24.8 Å². The van der Waals surface area contributed by atoms with Crippen LogP contribution in [0.3, 0.4) is 0 Å². The zero-order valence-electron chi connectivity index (χ0n) is 10.9. The number of nitriles is 1. The first-order chi connectivity index (χ1) is 9.78. The number of hydrogen-bond acceptors (Lipinski definition) is 3. The highest BCUT2D eigenvalue weighted by molar-refractivity contribution is 9.10. The van der Waals surface area contributed by atoms with E-state index in [4.69, 9.17) is 14.7 Å². The van der Waals surface area contributed by atoms with Crippen LogP contribution in [-0.4, -0.2) is 13.2 Å². The molecule has 0 fully saturated rings. The number of nitrogens with zero attached hydrogens (tertiary/aromatic N) is 1. The lowest BCUT2D eigenvalue weighted by molar-refractivity contribution is 0.0889. The fourth-order valence-electron chi connectivity index (χ4n) is 1.64. The van der Waals surface area contributed by atoms with Crippen molar-refractivity contribution in [3.8, 4) is 11.8 Å². The first-order valence-corrected chi connectivity index (χ1v) is 7.02. The molecular formula is C16H14BrNO2. The third-order valence-corrected chi connectivity index (χ3v) is 3.17. The number of hydrogen-bond donors (Lipinski definition) is 0. The van der Waals surface area contributed by atoms with E-state index >= 15 is 0 Å². The van der Waals surface area contributed by atoms with Gasteiger partial charge in [-0.25, -0.2) is 0 Å². The topological polar surface area (TPSA) is 42.2 Å². The average molecular weight is 332 g/mol. The molecule has 0 amide bonds. The molecule has 0 saturated heterocycles. The van der Waals surface area contributed by atoms with Crippen LogP contribution in [-0.2, 0) is 11.3 Å². The summed E-state index contributed by atoms with van der Waals surface area (Å²) in [4.78, 5) is 0. The van der Waals surface area contributed by atoms with Crippen molar-refractivity contribution in [2.75, 3.05) is 13.2 Å². The van der Waals surface area contributed by atoms with E-state index in [0.29, 0.717) is 31.1 Å². The Labute approximate surface area is 126 Å². The Kier molecular flexibility index (Phi) is 5.60. The van der Waals surface area contributed by atoms with Gasteiger partial charge in [0, 0.05) is 4.47 Å². The largest absolute Gasteiger partial charge is 0.491 e. The molecule has 2 rings (SSSR count). The van der Waals surface area contributed by atoms with E-state index < -0.39 is 0 Å². The molecule has 0 bridgehead atoms. The van der Waals surface area contributed by atoms with Crippen LogP contribution in [0.4, 0.5) is 0 Å². The monoisotopic (exact) mass is 331 g/mol. The zero-order chi connectivity index (χ0) is 14.2. The minimum absolute atomic E-state index is 0.464. The molecule has 0 saturated carbocycles. The lowest BCUT2D eigenvalue weighted by Crippen LogP contribution is -2.06. The van der Waals surface area contributed by atoms with E-state index in [1.807, 2.05) is 30.3 Å². The first kappa shape index (κ1) is 14.6. The molecule has 102 valence electrons. The second-order valence-electron chi connectivity index (χ2n) is 4.17. The predicted molar refractivity (Wildman–Crippen MR) is 80.5 cm³/mol. The third-order valence-electron chi connectivity index (χ3n) is 2.64. The summed E-state index contributed by atoms with van der Waals surface area (Å²) in [6.45, 7) is 1.53. The van der Waals surface area contributed by atoms with Gasteiger partial charge in [-0.15, -0.1) is 0 Å². The molecule has 0 spiro atoms. The normalized spacial score (nSPS) is 10.0. The number of halogens is 1. The van der Waals surface area contributed by atoms with Gasteiger partial charge in [0.2, 0.25) is 0 Å². The summed E-state index contributed by atoms with van der Waals surface area (Å²) in [5, 5.41) is 8.78. The minimum Gasteiger partial charge on any atom is -0.491 e. The van der Waals surface area contributed by atoms with Crippen LogP contribution < -0.4 is 4.74 Å². The Morgan fingerprint density at radius 1 is 1.05 bits per heavy atom. The van der Waals surface area contributed by atoms with Crippen LogP contribution in [0.5, 0.6) is 5.75 Å². The summed E-state index contributed by atoms with van der Waals surface area (Å²) < 4.78 is 12.1. The summed E-state index contributed by atoms with van der Waals surface area (Å²) in [6, 6.07) is 17.2. The van der Waals surface area contributed by atoms with Crippen LogP contribution in [0, 0.1) is 11.3 Å². The van der Waals surface area contributed by atoms with Gasteiger partial charge < -0.3 is 9.47 Å². The SMILES string of the molecule is N#Cc1cccc(OCCOCc2ccc(Br)cc2)c1. The van der Waals surface area contributed by atoms with Gasteiger partial charge in [-0.3, -0.25) is 0 Å². The van der Waals surface area contributed by atoms with E-state index in [1.165, 1.54) is 0 Å². The van der Waals surface area contributed by atoms with Crippen LogP contribution >= 0.6 is 15.9 Å². The van der Waals surface area contributed by atoms with Crippen molar-refractivity contribution in [2.45, 2.75) is 6.61 Å². The second-order valence-corrected chi connectivity index (χ2v) is 5.08. The molecule has 3 nitrogen and oxygen atoms in total. The van der Waals surface area contributed by atoms with E-state index in [-0.39, 0.29) is 0 Å². The van der Waals surface area contributed by atoms with E-state index in [0.717, 1.165) is 10.0 Å². The van der Waals surface area contributed by atoms with Crippen molar-refractivity contribution in [3.63, 3.8) is 0 Å². The highest BCUT2D eigenvalue weighted by Crippen LogP contribution is 2.13. The predicted octanol–water partition coefficient (Wildman–Crippen LogP) is 3.92. The van der Waals surface area contributed by atoms with Crippen molar-refractivity contribution in [1.82, 2.24) is 0 Å². The summed E-state index contributed by atoms with van der Waals surface area (Å²) in [6.07, 6.45) is 0. The Morgan fingerprint density at radius 2 is 1.85 bits per heavy atom. The summed E-state index contributed by atoms with van der Waals surface area (Å²) in [5.41, 5.74) is 1.72. The van der Waals surface area contributed by atoms with Gasteiger partial charge in [0.1, 0.15) is 12.4 Å². The molecular weight excluding hydrogens is 318 g/mol. The average Bonchev–Trinajstić information content (AvgIpc) is 2.49. The van der Waals surface area contributed by atoms with E-state index in [1.54, 1.807) is 18.2 Å². The molecule has 0 atom stereocenters. The quantitative estimate of drug-likeness (QED) is 0.753. The van der Waals surface area contributed by atoms with Crippen LogP contribution in [0.2, 0.25) is 0 Å². The molecule has 0 aliphatic rings. The van der Waals surface area contributed by atoms with Crippen LogP contribution in [0.25, 0.3) is 0 Å². The maximum Gasteiger partial charge on any atom is 0.120 e. The van der Waals surface area contributed by atoms with Gasteiger partial charge in [0.15, 0.2) is 0 Å². The highest BCUT2D eigenvalue weighted by Gasteiger charge is 1.97. The lowest BCUT2D eigenvalue weighted by atomic mass is 10.2. The smallest absolute Gasteiger partial charge is 0.120 e. The van der Waals surface area contributed by atoms with Crippen molar-refractivity contribution in [2.24, 2.45) is 0 Å². The van der Waals surface area contributed by atoms with Crippen molar-refractivity contribution >= 4 is 15.9 Å². The van der Waals surface area contributed by atoms with Gasteiger partial charge in [0.25, 0.3) is 0 Å². The van der Waals surface area contributed by atoms with Gasteiger partial charge in [-0.1, -0.05) is 34.1 Å². The third kappa shape index (κ3) is 4.69. The molecule has 2 aromatic rings. The maximum absolute atomic E-state index is 8.78. The lowest BCUT2D eigenvalue weighted by Gasteiger charge is -2.07. The fraction of sp³-hybridized carbons (Fsp3) is 0.188. The molecule has 0 aromatic heterocycles. The van der Waals surface area contributed by atoms with Crippen LogP contribution in [0.15, 0.2) is 53.0 Å². The summed E-state index contributed by atoms with van der Waals surface area (Å²) >= 11 is 3.39. The zero-order valence-corrected chi connectivity index (χ0v) is 12.5. The Balaban J connectivity index is 1.69. The number of ether oxygens (including phenoxy) is 2. The van der Waals surface area contributed by atoms with Gasteiger partial charge in [-0.05, 0) is 35.9 Å². The number of rotatable bonds is 6. The molecule has 4 heteroatoms. The van der Waals surface area contributed by atoms with Crippen molar-refractivity contribution in [1.29, 1.82) is 5.26 Å². The second kappa shape index (κ2) is 7.68. The molecule has 0 aliphatic heterocycles.